The molecule has 0 aliphatic heterocycles. The van der Waals surface area contributed by atoms with Crippen LogP contribution in [0.5, 0.6) is 0 Å². The Morgan fingerprint density at radius 1 is 1.31 bits per heavy atom. The normalized spacial score (nSPS) is 11.8. The first-order valence-electron chi connectivity index (χ1n) is 7.74. The van der Waals surface area contributed by atoms with Crippen LogP contribution in [0.4, 0.5) is 5.69 Å². The number of carbonyl (C=O) groups excluding carboxylic acids is 2. The van der Waals surface area contributed by atoms with Gasteiger partial charge in [0.2, 0.25) is 0 Å². The molecule has 0 unspecified atom stereocenters. The van der Waals surface area contributed by atoms with Crippen molar-refractivity contribution in [1.82, 2.24) is 4.98 Å². The first-order valence-corrected chi connectivity index (χ1v) is 9.94. The van der Waals surface area contributed by atoms with Crippen molar-refractivity contribution in [3.8, 4) is 10.6 Å². The molecule has 3 rings (SSSR count). The smallest absolute Gasteiger partial charge is 0.312 e. The van der Waals surface area contributed by atoms with Crippen LogP contribution >= 0.6 is 34.3 Å². The number of rotatable bonds is 6. The van der Waals surface area contributed by atoms with Crippen molar-refractivity contribution in [2.75, 3.05) is 5.32 Å². The van der Waals surface area contributed by atoms with Crippen LogP contribution in [-0.2, 0) is 20.7 Å². The average Bonchev–Trinajstić information content (AvgIpc) is 3.25. The second-order valence-corrected chi connectivity index (χ2v) is 7.54. The lowest BCUT2D eigenvalue weighted by Gasteiger charge is -2.13. The Hall–Kier alpha value is -2.22. The van der Waals surface area contributed by atoms with Crippen LogP contribution in [0, 0.1) is 0 Å². The summed E-state index contributed by atoms with van der Waals surface area (Å²) in [6.07, 6.45) is -0.897. The molecule has 1 N–H and O–H groups in total. The number of halogens is 1. The quantitative estimate of drug-likeness (QED) is 0.605. The van der Waals surface area contributed by atoms with Gasteiger partial charge in [0, 0.05) is 27.0 Å². The Morgan fingerprint density at radius 3 is 2.88 bits per heavy atom. The van der Waals surface area contributed by atoms with Gasteiger partial charge < -0.3 is 10.1 Å². The van der Waals surface area contributed by atoms with Gasteiger partial charge in [-0.15, -0.1) is 11.3 Å². The Bertz CT molecular complexity index is 909. The fourth-order valence-corrected chi connectivity index (χ4v) is 3.88. The van der Waals surface area contributed by atoms with E-state index in [4.69, 9.17) is 16.3 Å². The van der Waals surface area contributed by atoms with Gasteiger partial charge in [-0.2, -0.15) is 11.3 Å². The number of nitrogens with one attached hydrogen (secondary N) is 1. The predicted molar refractivity (Wildman–Crippen MR) is 105 cm³/mol. The molecule has 0 fully saturated rings. The highest BCUT2D eigenvalue weighted by molar-refractivity contribution is 7.14. The molecule has 0 saturated carbocycles. The van der Waals surface area contributed by atoms with E-state index in [1.807, 2.05) is 22.2 Å². The molecule has 5 nitrogen and oxygen atoms in total. The maximum atomic E-state index is 12.1. The highest BCUT2D eigenvalue weighted by Gasteiger charge is 2.19. The van der Waals surface area contributed by atoms with Crippen LogP contribution in [-0.4, -0.2) is 23.0 Å². The number of carbonyl (C=O) groups is 2. The Balaban J connectivity index is 1.53. The van der Waals surface area contributed by atoms with E-state index in [2.05, 4.69) is 10.3 Å². The molecule has 0 spiro atoms. The van der Waals surface area contributed by atoms with Crippen molar-refractivity contribution in [2.24, 2.45) is 0 Å². The number of amides is 1. The molecule has 0 radical (unpaired) electrons. The van der Waals surface area contributed by atoms with Gasteiger partial charge in [-0.1, -0.05) is 17.7 Å². The van der Waals surface area contributed by atoms with E-state index in [0.717, 1.165) is 10.6 Å². The molecule has 8 heteroatoms. The lowest BCUT2D eigenvalue weighted by Crippen LogP contribution is -2.30. The first-order chi connectivity index (χ1) is 12.5. The van der Waals surface area contributed by atoms with Crippen LogP contribution in [0.1, 0.15) is 12.6 Å². The molecular weight excluding hydrogens is 392 g/mol. The van der Waals surface area contributed by atoms with Crippen LogP contribution < -0.4 is 5.32 Å². The fraction of sp³-hybridized carbons (Fsp3) is 0.167. The Kier molecular flexibility index (Phi) is 6.03. The van der Waals surface area contributed by atoms with Crippen molar-refractivity contribution >= 4 is 51.8 Å². The molecule has 3 aromatic rings. The van der Waals surface area contributed by atoms with Crippen molar-refractivity contribution in [3.05, 3.63) is 57.2 Å². The second kappa shape index (κ2) is 8.44. The largest absolute Gasteiger partial charge is 0.452 e. The van der Waals surface area contributed by atoms with Crippen molar-refractivity contribution < 1.29 is 14.3 Å². The third-order valence-corrected chi connectivity index (χ3v) is 5.27. The van der Waals surface area contributed by atoms with Crippen molar-refractivity contribution in [1.29, 1.82) is 0 Å². The molecule has 1 amide bonds. The standard InChI is InChI=1S/C18H15ClN2O3S2/c1-11(17(23)20-14-4-2-3-13(19)7-14)24-16(22)8-15-10-26-18(21-15)12-5-6-25-9-12/h2-7,9-11H,8H2,1H3,(H,20,23)/t11-/m0/s1. The Labute approximate surface area is 163 Å². The van der Waals surface area contributed by atoms with E-state index < -0.39 is 18.0 Å². The van der Waals surface area contributed by atoms with Crippen molar-refractivity contribution in [2.45, 2.75) is 19.4 Å². The summed E-state index contributed by atoms with van der Waals surface area (Å²) in [5.41, 5.74) is 2.21. The van der Waals surface area contributed by atoms with Gasteiger partial charge in [0.05, 0.1) is 12.1 Å². The van der Waals surface area contributed by atoms with Gasteiger partial charge in [-0.05, 0) is 36.6 Å². The van der Waals surface area contributed by atoms with Gasteiger partial charge in [0.25, 0.3) is 5.91 Å². The zero-order valence-electron chi connectivity index (χ0n) is 13.8. The summed E-state index contributed by atoms with van der Waals surface area (Å²) in [7, 11) is 0. The summed E-state index contributed by atoms with van der Waals surface area (Å²) in [5, 5.41) is 9.84. The minimum absolute atomic E-state index is 0.0232. The average molecular weight is 407 g/mol. The number of thiazole rings is 1. The zero-order valence-corrected chi connectivity index (χ0v) is 16.2. The minimum Gasteiger partial charge on any atom is -0.452 e. The van der Waals surface area contributed by atoms with E-state index in [9.17, 15) is 9.59 Å². The van der Waals surface area contributed by atoms with Gasteiger partial charge in [-0.25, -0.2) is 4.98 Å². The fourth-order valence-electron chi connectivity index (χ4n) is 2.16. The number of benzene rings is 1. The first kappa shape index (κ1) is 18.6. The molecule has 1 aromatic carbocycles. The summed E-state index contributed by atoms with van der Waals surface area (Å²) in [5.74, 6) is -0.918. The number of aromatic nitrogens is 1. The summed E-state index contributed by atoms with van der Waals surface area (Å²) in [6, 6.07) is 8.74. The number of esters is 1. The van der Waals surface area contributed by atoms with E-state index in [1.54, 1.807) is 35.6 Å². The third-order valence-electron chi connectivity index (χ3n) is 3.41. The number of nitrogens with zero attached hydrogens (tertiary/aromatic N) is 1. The van der Waals surface area contributed by atoms with Gasteiger partial charge >= 0.3 is 5.97 Å². The molecule has 2 heterocycles. The predicted octanol–water partition coefficient (Wildman–Crippen LogP) is 4.64. The lowest BCUT2D eigenvalue weighted by molar-refractivity contribution is -0.152. The van der Waals surface area contributed by atoms with Crippen LogP contribution in [0.15, 0.2) is 46.5 Å². The highest BCUT2D eigenvalue weighted by atomic mass is 35.5. The van der Waals surface area contributed by atoms with Gasteiger partial charge in [0.1, 0.15) is 5.01 Å². The summed E-state index contributed by atoms with van der Waals surface area (Å²) < 4.78 is 5.20. The van der Waals surface area contributed by atoms with Crippen molar-refractivity contribution in [3.63, 3.8) is 0 Å². The third kappa shape index (κ3) is 4.91. The SMILES string of the molecule is C[C@H](OC(=O)Cc1csc(-c2ccsc2)n1)C(=O)Nc1cccc(Cl)c1. The molecule has 2 aromatic heterocycles. The Morgan fingerprint density at radius 2 is 2.15 bits per heavy atom. The lowest BCUT2D eigenvalue weighted by atomic mass is 10.3. The molecule has 0 aliphatic rings. The number of thiophene rings is 1. The summed E-state index contributed by atoms with van der Waals surface area (Å²) >= 11 is 8.95. The molecule has 0 saturated heterocycles. The molecule has 26 heavy (non-hydrogen) atoms. The number of hydrogen-bond donors (Lipinski definition) is 1. The summed E-state index contributed by atoms with van der Waals surface area (Å²) in [6.45, 7) is 1.52. The van der Waals surface area contributed by atoms with E-state index >= 15 is 0 Å². The van der Waals surface area contributed by atoms with Crippen LogP contribution in [0.25, 0.3) is 10.6 Å². The van der Waals surface area contributed by atoms with Gasteiger partial charge in [-0.3, -0.25) is 9.59 Å². The van der Waals surface area contributed by atoms with E-state index in [-0.39, 0.29) is 6.42 Å². The van der Waals surface area contributed by atoms with E-state index in [1.165, 1.54) is 18.3 Å². The monoisotopic (exact) mass is 406 g/mol. The zero-order chi connectivity index (χ0) is 18.5. The van der Waals surface area contributed by atoms with Crippen LogP contribution in [0.2, 0.25) is 5.02 Å². The second-order valence-electron chi connectivity index (χ2n) is 5.46. The molecule has 1 atom stereocenters. The molecule has 0 aliphatic carbocycles. The molecule has 0 bridgehead atoms. The highest BCUT2D eigenvalue weighted by Crippen LogP contribution is 2.26. The van der Waals surface area contributed by atoms with E-state index in [0.29, 0.717) is 16.4 Å². The number of hydrogen-bond acceptors (Lipinski definition) is 6. The van der Waals surface area contributed by atoms with Gasteiger partial charge in [0.15, 0.2) is 6.10 Å². The maximum absolute atomic E-state index is 12.1. The number of anilines is 1. The number of ether oxygens (including phenoxy) is 1. The summed E-state index contributed by atoms with van der Waals surface area (Å²) in [4.78, 5) is 28.6. The molecular formula is C18H15ClN2O3S2. The maximum Gasteiger partial charge on any atom is 0.312 e. The van der Waals surface area contributed by atoms with Crippen LogP contribution in [0.3, 0.4) is 0 Å². The molecule has 134 valence electrons. The topological polar surface area (TPSA) is 68.3 Å². The minimum atomic E-state index is -0.920.